The number of urea groups is 1. The van der Waals surface area contributed by atoms with Crippen LogP contribution in [0.5, 0.6) is 0 Å². The molecule has 7 heteroatoms. The molecular formula is C19H24N4O2S. The van der Waals surface area contributed by atoms with Gasteiger partial charge in [0.05, 0.1) is 12.2 Å². The maximum Gasteiger partial charge on any atom is 0.322 e. The van der Waals surface area contributed by atoms with Crippen LogP contribution in [0.4, 0.5) is 15.6 Å². The van der Waals surface area contributed by atoms with Gasteiger partial charge in [0.1, 0.15) is 0 Å². The molecule has 138 valence electrons. The van der Waals surface area contributed by atoms with E-state index in [1.807, 2.05) is 24.3 Å². The second kappa shape index (κ2) is 7.07. The van der Waals surface area contributed by atoms with Crippen LogP contribution in [0.3, 0.4) is 0 Å². The van der Waals surface area contributed by atoms with Crippen molar-refractivity contribution in [3.63, 3.8) is 0 Å². The largest absolute Gasteiger partial charge is 0.322 e. The maximum atomic E-state index is 12.6. The van der Waals surface area contributed by atoms with E-state index >= 15 is 0 Å². The summed E-state index contributed by atoms with van der Waals surface area (Å²) < 4.78 is 0. The molecule has 3 rings (SSSR count). The van der Waals surface area contributed by atoms with Crippen molar-refractivity contribution in [2.45, 2.75) is 46.1 Å². The van der Waals surface area contributed by atoms with Crippen LogP contribution in [0.2, 0.25) is 0 Å². The molecule has 6 nitrogen and oxygen atoms in total. The molecule has 1 aromatic heterocycles. The summed E-state index contributed by atoms with van der Waals surface area (Å²) in [5.41, 5.74) is 3.08. The van der Waals surface area contributed by atoms with E-state index in [2.05, 4.69) is 36.4 Å². The summed E-state index contributed by atoms with van der Waals surface area (Å²) in [6.45, 7) is 9.08. The van der Waals surface area contributed by atoms with Gasteiger partial charge in [-0.25, -0.2) is 9.78 Å². The first-order chi connectivity index (χ1) is 12.2. The molecule has 0 saturated heterocycles. The number of nitrogens with one attached hydrogen (secondary N) is 2. The van der Waals surface area contributed by atoms with Gasteiger partial charge in [0, 0.05) is 30.5 Å². The fourth-order valence-electron chi connectivity index (χ4n) is 2.83. The smallest absolute Gasteiger partial charge is 0.319 e. The zero-order chi connectivity index (χ0) is 18.9. The van der Waals surface area contributed by atoms with E-state index in [1.54, 1.807) is 4.90 Å². The minimum Gasteiger partial charge on any atom is -0.319 e. The lowest BCUT2D eigenvalue weighted by molar-refractivity contribution is -0.114. The van der Waals surface area contributed by atoms with Gasteiger partial charge in [-0.05, 0) is 23.1 Å². The zero-order valence-corrected chi connectivity index (χ0v) is 16.4. The number of amides is 3. The van der Waals surface area contributed by atoms with Crippen molar-refractivity contribution in [1.29, 1.82) is 0 Å². The Balaban J connectivity index is 1.64. The summed E-state index contributed by atoms with van der Waals surface area (Å²) in [4.78, 5) is 31.0. The number of fused-ring (bicyclic) bond motifs is 1. The van der Waals surface area contributed by atoms with E-state index in [9.17, 15) is 9.59 Å². The molecule has 0 fully saturated rings. The maximum absolute atomic E-state index is 12.6. The highest BCUT2D eigenvalue weighted by molar-refractivity contribution is 7.15. The molecule has 2 aromatic rings. The fraction of sp³-hybridized carbons (Fsp3) is 0.421. The average molecular weight is 372 g/mol. The molecule has 1 aliphatic heterocycles. The van der Waals surface area contributed by atoms with Crippen molar-refractivity contribution in [3.05, 3.63) is 40.4 Å². The lowest BCUT2D eigenvalue weighted by Gasteiger charge is -2.26. The Morgan fingerprint density at radius 1 is 1.15 bits per heavy atom. The number of carbonyl (C=O) groups is 2. The van der Waals surface area contributed by atoms with E-state index in [0.717, 1.165) is 16.3 Å². The Kier molecular flexibility index (Phi) is 5.00. The van der Waals surface area contributed by atoms with Crippen LogP contribution in [-0.2, 0) is 23.2 Å². The normalized spacial score (nSPS) is 13.9. The monoisotopic (exact) mass is 372 g/mol. The minimum atomic E-state index is -0.135. The first kappa shape index (κ1) is 18.4. The molecule has 0 spiro atoms. The molecular weight excluding hydrogens is 348 g/mol. The lowest BCUT2D eigenvalue weighted by atomic mass is 9.87. The van der Waals surface area contributed by atoms with Crippen LogP contribution >= 0.6 is 11.3 Å². The standard InChI is InChI=1S/C19H24N4O2S/c1-12(24)20-17-22-15-9-10-23(11-16(15)26-17)18(25)21-14-7-5-13(6-8-14)19(2,3)4/h5-8H,9-11H2,1-4H3,(H,21,25)(H,20,22,24). The molecule has 0 saturated carbocycles. The van der Waals surface area contributed by atoms with Crippen molar-refractivity contribution in [1.82, 2.24) is 9.88 Å². The molecule has 1 aliphatic rings. The van der Waals surface area contributed by atoms with Crippen molar-refractivity contribution in [3.8, 4) is 0 Å². The number of hydrogen-bond acceptors (Lipinski definition) is 4. The number of benzene rings is 1. The third kappa shape index (κ3) is 4.22. The number of thiazole rings is 1. The summed E-state index contributed by atoms with van der Waals surface area (Å²) in [6, 6.07) is 7.86. The summed E-state index contributed by atoms with van der Waals surface area (Å²) >= 11 is 1.43. The number of aromatic nitrogens is 1. The van der Waals surface area contributed by atoms with Gasteiger partial charge in [-0.2, -0.15) is 0 Å². The summed E-state index contributed by atoms with van der Waals surface area (Å²) in [5.74, 6) is -0.135. The van der Waals surface area contributed by atoms with Gasteiger partial charge < -0.3 is 15.5 Å². The quantitative estimate of drug-likeness (QED) is 0.837. The molecule has 2 N–H and O–H groups in total. The highest BCUT2D eigenvalue weighted by Crippen LogP contribution is 2.29. The highest BCUT2D eigenvalue weighted by atomic mass is 32.1. The molecule has 0 atom stereocenters. The van der Waals surface area contributed by atoms with Crippen LogP contribution in [0.25, 0.3) is 0 Å². The molecule has 3 amide bonds. The van der Waals surface area contributed by atoms with Gasteiger partial charge >= 0.3 is 6.03 Å². The highest BCUT2D eigenvalue weighted by Gasteiger charge is 2.24. The summed E-state index contributed by atoms with van der Waals surface area (Å²) in [7, 11) is 0. The first-order valence-corrected chi connectivity index (χ1v) is 9.46. The van der Waals surface area contributed by atoms with Gasteiger partial charge in [0.2, 0.25) is 5.91 Å². The molecule has 0 bridgehead atoms. The first-order valence-electron chi connectivity index (χ1n) is 8.65. The van der Waals surface area contributed by atoms with Crippen LogP contribution in [0, 0.1) is 0 Å². The molecule has 26 heavy (non-hydrogen) atoms. The minimum absolute atomic E-state index is 0.0869. The topological polar surface area (TPSA) is 74.3 Å². The van der Waals surface area contributed by atoms with E-state index in [-0.39, 0.29) is 17.4 Å². The van der Waals surface area contributed by atoms with E-state index in [0.29, 0.717) is 24.6 Å². The van der Waals surface area contributed by atoms with E-state index < -0.39 is 0 Å². The number of hydrogen-bond donors (Lipinski definition) is 2. The molecule has 0 aliphatic carbocycles. The third-order valence-electron chi connectivity index (χ3n) is 4.30. The Bertz CT molecular complexity index is 821. The average Bonchev–Trinajstić information content (AvgIpc) is 2.94. The predicted molar refractivity (Wildman–Crippen MR) is 105 cm³/mol. The van der Waals surface area contributed by atoms with Crippen LogP contribution in [-0.4, -0.2) is 28.4 Å². The van der Waals surface area contributed by atoms with Gasteiger partial charge in [-0.1, -0.05) is 44.2 Å². The van der Waals surface area contributed by atoms with Crippen molar-refractivity contribution >= 4 is 34.1 Å². The molecule has 1 aromatic carbocycles. The second-order valence-electron chi connectivity index (χ2n) is 7.50. The van der Waals surface area contributed by atoms with Gasteiger partial charge in [0.25, 0.3) is 0 Å². The van der Waals surface area contributed by atoms with Crippen LogP contribution in [0.1, 0.15) is 43.8 Å². The second-order valence-corrected chi connectivity index (χ2v) is 8.58. The van der Waals surface area contributed by atoms with E-state index in [4.69, 9.17) is 0 Å². The number of nitrogens with zero attached hydrogens (tertiary/aromatic N) is 2. The Morgan fingerprint density at radius 2 is 1.85 bits per heavy atom. The fourth-order valence-corrected chi connectivity index (χ4v) is 3.90. The lowest BCUT2D eigenvalue weighted by Crippen LogP contribution is -2.38. The summed E-state index contributed by atoms with van der Waals surface area (Å²) in [6.07, 6.45) is 0.696. The number of carbonyl (C=O) groups excluding carboxylic acids is 2. The Morgan fingerprint density at radius 3 is 2.46 bits per heavy atom. The Hall–Kier alpha value is -2.41. The van der Waals surface area contributed by atoms with Gasteiger partial charge in [-0.3, -0.25) is 4.79 Å². The van der Waals surface area contributed by atoms with Gasteiger partial charge in [-0.15, -0.1) is 0 Å². The Labute approximate surface area is 157 Å². The third-order valence-corrected chi connectivity index (χ3v) is 5.30. The van der Waals surface area contributed by atoms with Gasteiger partial charge in [0.15, 0.2) is 5.13 Å². The predicted octanol–water partition coefficient (Wildman–Crippen LogP) is 3.99. The molecule has 0 unspecified atom stereocenters. The molecule has 2 heterocycles. The van der Waals surface area contributed by atoms with E-state index in [1.165, 1.54) is 23.8 Å². The molecule has 0 radical (unpaired) electrons. The number of anilines is 2. The van der Waals surface area contributed by atoms with Crippen LogP contribution < -0.4 is 10.6 Å². The zero-order valence-electron chi connectivity index (χ0n) is 15.5. The van der Waals surface area contributed by atoms with Crippen molar-refractivity contribution < 1.29 is 9.59 Å². The summed E-state index contributed by atoms with van der Waals surface area (Å²) in [5, 5.41) is 6.27. The van der Waals surface area contributed by atoms with Crippen molar-refractivity contribution in [2.24, 2.45) is 0 Å². The van der Waals surface area contributed by atoms with Crippen LogP contribution in [0.15, 0.2) is 24.3 Å². The number of rotatable bonds is 2. The van der Waals surface area contributed by atoms with Crippen molar-refractivity contribution in [2.75, 3.05) is 17.2 Å². The SMILES string of the molecule is CC(=O)Nc1nc2c(s1)CN(C(=O)Nc1ccc(C(C)(C)C)cc1)CC2.